The first-order chi connectivity index (χ1) is 15.1. The van der Waals surface area contributed by atoms with Crippen molar-refractivity contribution in [1.82, 2.24) is 0 Å². The normalized spacial score (nSPS) is 31.8. The number of hydrogen-bond acceptors (Lipinski definition) is 4. The van der Waals surface area contributed by atoms with E-state index in [0.29, 0.717) is 11.8 Å². The van der Waals surface area contributed by atoms with Crippen molar-refractivity contribution in [1.29, 1.82) is 0 Å². The third-order valence-corrected chi connectivity index (χ3v) is 8.45. The van der Waals surface area contributed by atoms with Crippen molar-refractivity contribution < 1.29 is 20.1 Å². The summed E-state index contributed by atoms with van der Waals surface area (Å²) in [6, 6.07) is 0. The molecule has 0 aliphatic heterocycles. The van der Waals surface area contributed by atoms with Gasteiger partial charge in [-0.2, -0.15) is 0 Å². The second-order valence-electron chi connectivity index (χ2n) is 12.1. The molecule has 2 aliphatic carbocycles. The predicted octanol–water partition coefficient (Wildman–Crippen LogP) is 5.88. The summed E-state index contributed by atoms with van der Waals surface area (Å²) in [6.45, 7) is 8.74. The molecule has 0 aromatic rings. The van der Waals surface area contributed by atoms with Gasteiger partial charge in [0.15, 0.2) is 0 Å². The molecule has 4 heteroatoms. The molecule has 6 atom stereocenters. The van der Waals surface area contributed by atoms with Crippen LogP contribution in [0.5, 0.6) is 0 Å². The Balaban J connectivity index is 1.68. The van der Waals surface area contributed by atoms with E-state index in [1.807, 2.05) is 0 Å². The van der Waals surface area contributed by atoms with Crippen LogP contribution >= 0.6 is 0 Å². The molecule has 2 rings (SSSR count). The van der Waals surface area contributed by atoms with Crippen LogP contribution < -0.4 is 0 Å². The second kappa shape index (κ2) is 12.9. The highest BCUT2D eigenvalue weighted by Gasteiger charge is 2.35. The second-order valence-corrected chi connectivity index (χ2v) is 12.1. The van der Waals surface area contributed by atoms with Crippen molar-refractivity contribution in [3.8, 4) is 0 Å². The molecular weight excluding hydrogens is 400 g/mol. The topological polar surface area (TPSA) is 69.9 Å². The maximum Gasteiger partial charge on any atom is 0.0630 e. The lowest BCUT2D eigenvalue weighted by Gasteiger charge is -2.23. The average Bonchev–Trinajstić information content (AvgIpc) is 3.29. The van der Waals surface area contributed by atoms with Gasteiger partial charge in [0.25, 0.3) is 0 Å². The van der Waals surface area contributed by atoms with Crippen molar-refractivity contribution in [3.05, 3.63) is 12.2 Å². The lowest BCUT2D eigenvalue weighted by Crippen LogP contribution is -2.23. The molecule has 0 radical (unpaired) electrons. The summed E-state index contributed by atoms with van der Waals surface area (Å²) in [4.78, 5) is 0. The largest absolute Gasteiger partial charge is 0.396 e. The summed E-state index contributed by atoms with van der Waals surface area (Å²) in [5.74, 6) is 1.32. The minimum absolute atomic E-state index is 0.0139. The van der Waals surface area contributed by atoms with Gasteiger partial charge in [-0.25, -0.2) is 0 Å². The molecule has 188 valence electrons. The fourth-order valence-electron chi connectivity index (χ4n) is 5.68. The molecule has 0 saturated heterocycles. The molecule has 0 spiro atoms. The van der Waals surface area contributed by atoms with Crippen molar-refractivity contribution in [2.75, 3.05) is 13.7 Å². The van der Waals surface area contributed by atoms with E-state index in [0.717, 1.165) is 77.0 Å². The molecule has 0 aromatic carbocycles. The maximum absolute atomic E-state index is 10.8. The summed E-state index contributed by atoms with van der Waals surface area (Å²) in [5.41, 5.74) is -0.0321. The standard InChI is InChI=1S/C28H52O4/c1-27(2,20-29)18-8-6-10-21-12-14-23(25(21)30)16-17-24-15-13-22(26(24)31)11-7-9-19-28(3,4)32-5/h16-17,21-26,29-31H,6-15,18-20H2,1-5H3/b17-16-. The van der Waals surface area contributed by atoms with E-state index < -0.39 is 0 Å². The zero-order valence-electron chi connectivity index (χ0n) is 21.6. The number of rotatable bonds is 14. The number of methoxy groups -OCH3 is 1. The summed E-state index contributed by atoms with van der Waals surface area (Å²) in [5, 5.41) is 31.0. The molecule has 2 aliphatic rings. The highest BCUT2D eigenvalue weighted by atomic mass is 16.5. The van der Waals surface area contributed by atoms with Crippen molar-refractivity contribution >= 4 is 0 Å². The smallest absolute Gasteiger partial charge is 0.0630 e. The van der Waals surface area contributed by atoms with E-state index in [9.17, 15) is 15.3 Å². The highest BCUT2D eigenvalue weighted by molar-refractivity contribution is 5.04. The lowest BCUT2D eigenvalue weighted by molar-refractivity contribution is 0.0127. The van der Waals surface area contributed by atoms with Gasteiger partial charge < -0.3 is 20.1 Å². The molecule has 0 bridgehead atoms. The van der Waals surface area contributed by atoms with Gasteiger partial charge in [0.1, 0.15) is 0 Å². The Hall–Kier alpha value is -0.420. The summed E-state index contributed by atoms with van der Waals surface area (Å²) < 4.78 is 5.50. The molecule has 2 fully saturated rings. The number of aliphatic hydroxyl groups is 3. The van der Waals surface area contributed by atoms with Crippen LogP contribution in [0.4, 0.5) is 0 Å². The highest BCUT2D eigenvalue weighted by Crippen LogP contribution is 2.39. The van der Waals surface area contributed by atoms with Crippen LogP contribution in [0.15, 0.2) is 12.2 Å². The van der Waals surface area contributed by atoms with Gasteiger partial charge in [-0.3, -0.25) is 0 Å². The maximum atomic E-state index is 10.8. The fourth-order valence-corrected chi connectivity index (χ4v) is 5.68. The number of unbranched alkanes of at least 4 members (excludes halogenated alkanes) is 2. The summed E-state index contributed by atoms with van der Waals surface area (Å²) in [7, 11) is 1.78. The Morgan fingerprint density at radius 1 is 0.750 bits per heavy atom. The van der Waals surface area contributed by atoms with Crippen molar-refractivity contribution in [2.45, 2.75) is 123 Å². The van der Waals surface area contributed by atoms with Gasteiger partial charge in [0, 0.05) is 25.6 Å². The minimum atomic E-state index is -0.240. The third kappa shape index (κ3) is 8.74. The van der Waals surface area contributed by atoms with Crippen LogP contribution in [-0.2, 0) is 4.74 Å². The SMILES string of the molecule is COC(C)(C)CCCCC1CCC(/C=C\C2CCC(CCCCC(C)(C)CO)C2O)C1O. The Bertz CT molecular complexity index is 508. The van der Waals surface area contributed by atoms with Gasteiger partial charge in [0.05, 0.1) is 17.8 Å². The van der Waals surface area contributed by atoms with Crippen LogP contribution in [0.3, 0.4) is 0 Å². The quantitative estimate of drug-likeness (QED) is 0.227. The van der Waals surface area contributed by atoms with E-state index in [1.54, 1.807) is 7.11 Å². The minimum Gasteiger partial charge on any atom is -0.396 e. The van der Waals surface area contributed by atoms with E-state index in [4.69, 9.17) is 4.74 Å². The van der Waals surface area contributed by atoms with E-state index in [-0.39, 0.29) is 41.7 Å². The first kappa shape index (κ1) is 27.8. The molecule has 4 nitrogen and oxygen atoms in total. The zero-order valence-corrected chi connectivity index (χ0v) is 21.6. The lowest BCUT2D eigenvalue weighted by atomic mass is 9.86. The van der Waals surface area contributed by atoms with Crippen LogP contribution in [0.2, 0.25) is 0 Å². The number of aliphatic hydroxyl groups excluding tert-OH is 3. The molecule has 0 aromatic heterocycles. The van der Waals surface area contributed by atoms with Crippen LogP contribution in [-0.4, -0.2) is 46.8 Å². The molecule has 0 heterocycles. The van der Waals surface area contributed by atoms with E-state index >= 15 is 0 Å². The zero-order chi connectivity index (χ0) is 23.8. The first-order valence-corrected chi connectivity index (χ1v) is 13.3. The van der Waals surface area contributed by atoms with Crippen LogP contribution in [0.25, 0.3) is 0 Å². The van der Waals surface area contributed by atoms with Gasteiger partial charge in [-0.05, 0) is 82.5 Å². The third-order valence-electron chi connectivity index (χ3n) is 8.45. The molecule has 32 heavy (non-hydrogen) atoms. The van der Waals surface area contributed by atoms with Gasteiger partial charge >= 0.3 is 0 Å². The first-order valence-electron chi connectivity index (χ1n) is 13.3. The van der Waals surface area contributed by atoms with Gasteiger partial charge in [0.2, 0.25) is 0 Å². The molecular formula is C28H52O4. The average molecular weight is 453 g/mol. The number of ether oxygens (including phenoxy) is 1. The Morgan fingerprint density at radius 3 is 1.66 bits per heavy atom. The van der Waals surface area contributed by atoms with Crippen LogP contribution in [0.1, 0.15) is 105 Å². The number of hydrogen-bond donors (Lipinski definition) is 3. The summed E-state index contributed by atoms with van der Waals surface area (Å²) >= 11 is 0. The fraction of sp³-hybridized carbons (Fsp3) is 0.929. The molecule has 0 amide bonds. The molecule has 2 saturated carbocycles. The Kier molecular flexibility index (Phi) is 11.2. The van der Waals surface area contributed by atoms with Crippen molar-refractivity contribution in [3.63, 3.8) is 0 Å². The van der Waals surface area contributed by atoms with Gasteiger partial charge in [-0.15, -0.1) is 0 Å². The van der Waals surface area contributed by atoms with E-state index in [1.165, 1.54) is 0 Å². The molecule has 6 unspecified atom stereocenters. The Labute approximate surface area is 197 Å². The monoisotopic (exact) mass is 452 g/mol. The summed E-state index contributed by atoms with van der Waals surface area (Å²) in [6.07, 6.45) is 17.2. The Morgan fingerprint density at radius 2 is 1.22 bits per heavy atom. The van der Waals surface area contributed by atoms with E-state index in [2.05, 4.69) is 39.8 Å². The molecule has 3 N–H and O–H groups in total. The predicted molar refractivity (Wildman–Crippen MR) is 132 cm³/mol. The van der Waals surface area contributed by atoms with Crippen LogP contribution in [0, 0.1) is 29.1 Å². The van der Waals surface area contributed by atoms with Crippen molar-refractivity contribution in [2.24, 2.45) is 29.1 Å². The van der Waals surface area contributed by atoms with Gasteiger partial charge in [-0.1, -0.05) is 51.7 Å².